The van der Waals surface area contributed by atoms with Gasteiger partial charge >= 0.3 is 11.9 Å². The van der Waals surface area contributed by atoms with Gasteiger partial charge in [-0.3, -0.25) is 4.79 Å². The van der Waals surface area contributed by atoms with Crippen molar-refractivity contribution in [2.24, 2.45) is 11.8 Å². The van der Waals surface area contributed by atoms with Crippen molar-refractivity contribution in [1.29, 1.82) is 0 Å². The molecule has 0 radical (unpaired) electrons. The Labute approximate surface area is 116 Å². The van der Waals surface area contributed by atoms with Gasteiger partial charge in [0.2, 0.25) is 0 Å². The lowest BCUT2D eigenvalue weighted by Gasteiger charge is -2.11. The van der Waals surface area contributed by atoms with E-state index in [0.29, 0.717) is 31.5 Å². The molecule has 0 aliphatic heterocycles. The molecule has 0 amide bonds. The highest BCUT2D eigenvalue weighted by atomic mass is 16.5. The molecular formula is C15H26O4. The first kappa shape index (κ1) is 17.7. The molecule has 0 saturated carbocycles. The van der Waals surface area contributed by atoms with Crippen LogP contribution < -0.4 is 0 Å². The molecule has 1 unspecified atom stereocenters. The number of rotatable bonds is 10. The third-order valence-electron chi connectivity index (χ3n) is 2.82. The molecule has 0 aliphatic rings. The Balaban J connectivity index is 3.52. The predicted molar refractivity (Wildman–Crippen MR) is 74.6 cm³/mol. The standard InChI is InChI=1S/C15H26O4/c1-5-14(16)18-10-8-13(4)9-11-19-15(17)7-6-12(2)3/h5,12-13H,1,6-11H2,2-4H3. The highest BCUT2D eigenvalue weighted by molar-refractivity contribution is 5.81. The number of carbonyl (C=O) groups excluding carboxylic acids is 2. The first-order valence-corrected chi connectivity index (χ1v) is 6.90. The van der Waals surface area contributed by atoms with Crippen molar-refractivity contribution in [2.45, 2.75) is 46.5 Å². The van der Waals surface area contributed by atoms with Gasteiger partial charge in [0, 0.05) is 12.5 Å². The largest absolute Gasteiger partial charge is 0.466 e. The number of hydrogen-bond donors (Lipinski definition) is 0. The van der Waals surface area contributed by atoms with Gasteiger partial charge in [0.25, 0.3) is 0 Å². The molecule has 0 aromatic rings. The van der Waals surface area contributed by atoms with Gasteiger partial charge in [-0.25, -0.2) is 4.79 Å². The van der Waals surface area contributed by atoms with Gasteiger partial charge < -0.3 is 9.47 Å². The van der Waals surface area contributed by atoms with Crippen molar-refractivity contribution in [3.05, 3.63) is 12.7 Å². The minimum Gasteiger partial charge on any atom is -0.466 e. The molecular weight excluding hydrogens is 244 g/mol. The first-order chi connectivity index (χ1) is 8.95. The Morgan fingerprint density at radius 3 is 2.16 bits per heavy atom. The molecule has 0 rings (SSSR count). The van der Waals surface area contributed by atoms with E-state index in [1.54, 1.807) is 0 Å². The van der Waals surface area contributed by atoms with Crippen molar-refractivity contribution >= 4 is 11.9 Å². The second-order valence-corrected chi connectivity index (χ2v) is 5.21. The Hall–Kier alpha value is -1.32. The zero-order valence-corrected chi connectivity index (χ0v) is 12.3. The van der Waals surface area contributed by atoms with E-state index < -0.39 is 5.97 Å². The predicted octanol–water partition coefficient (Wildman–Crippen LogP) is 3.11. The topological polar surface area (TPSA) is 52.6 Å². The lowest BCUT2D eigenvalue weighted by atomic mass is 10.1. The number of hydrogen-bond acceptors (Lipinski definition) is 4. The molecule has 4 heteroatoms. The third-order valence-corrected chi connectivity index (χ3v) is 2.82. The van der Waals surface area contributed by atoms with Crippen molar-refractivity contribution in [1.82, 2.24) is 0 Å². The fourth-order valence-electron chi connectivity index (χ4n) is 1.42. The van der Waals surface area contributed by atoms with Crippen molar-refractivity contribution in [3.8, 4) is 0 Å². The number of esters is 2. The van der Waals surface area contributed by atoms with Crippen LogP contribution in [0.1, 0.15) is 46.5 Å². The molecule has 0 saturated heterocycles. The molecule has 4 nitrogen and oxygen atoms in total. The van der Waals surface area contributed by atoms with E-state index in [4.69, 9.17) is 9.47 Å². The van der Waals surface area contributed by atoms with E-state index in [1.165, 1.54) is 0 Å². The maximum absolute atomic E-state index is 11.4. The summed E-state index contributed by atoms with van der Waals surface area (Å²) in [5, 5.41) is 0. The SMILES string of the molecule is C=CC(=O)OCCC(C)CCOC(=O)CCC(C)C. The van der Waals surface area contributed by atoms with Gasteiger partial charge in [-0.1, -0.05) is 27.4 Å². The van der Waals surface area contributed by atoms with Crippen LogP contribution in [0.4, 0.5) is 0 Å². The van der Waals surface area contributed by atoms with Gasteiger partial charge in [0.15, 0.2) is 0 Å². The van der Waals surface area contributed by atoms with Crippen LogP contribution in [-0.2, 0) is 19.1 Å². The van der Waals surface area contributed by atoms with Gasteiger partial charge in [-0.15, -0.1) is 0 Å². The van der Waals surface area contributed by atoms with Crippen molar-refractivity contribution in [3.63, 3.8) is 0 Å². The number of ether oxygens (including phenoxy) is 2. The van der Waals surface area contributed by atoms with E-state index in [2.05, 4.69) is 20.4 Å². The van der Waals surface area contributed by atoms with Crippen LogP contribution in [0.5, 0.6) is 0 Å². The molecule has 0 aromatic heterocycles. The summed E-state index contributed by atoms with van der Waals surface area (Å²) >= 11 is 0. The summed E-state index contributed by atoms with van der Waals surface area (Å²) in [5.41, 5.74) is 0. The lowest BCUT2D eigenvalue weighted by molar-refractivity contribution is -0.144. The third kappa shape index (κ3) is 11.5. The summed E-state index contributed by atoms with van der Waals surface area (Å²) < 4.78 is 10.0. The highest BCUT2D eigenvalue weighted by Gasteiger charge is 2.07. The summed E-state index contributed by atoms with van der Waals surface area (Å²) in [7, 11) is 0. The van der Waals surface area contributed by atoms with Crippen LogP contribution in [0, 0.1) is 11.8 Å². The van der Waals surface area contributed by atoms with Crippen LogP contribution in [0.25, 0.3) is 0 Å². The molecule has 0 N–H and O–H groups in total. The zero-order chi connectivity index (χ0) is 14.7. The number of carbonyl (C=O) groups is 2. The van der Waals surface area contributed by atoms with Gasteiger partial charge in [0.1, 0.15) is 0 Å². The fraction of sp³-hybridized carbons (Fsp3) is 0.733. The van der Waals surface area contributed by atoms with E-state index in [-0.39, 0.29) is 5.97 Å². The van der Waals surface area contributed by atoms with Crippen molar-refractivity contribution < 1.29 is 19.1 Å². The second-order valence-electron chi connectivity index (χ2n) is 5.21. The van der Waals surface area contributed by atoms with Crippen molar-refractivity contribution in [2.75, 3.05) is 13.2 Å². The van der Waals surface area contributed by atoms with Gasteiger partial charge in [-0.2, -0.15) is 0 Å². The monoisotopic (exact) mass is 270 g/mol. The molecule has 19 heavy (non-hydrogen) atoms. The van der Waals surface area contributed by atoms with E-state index in [9.17, 15) is 9.59 Å². The Morgan fingerprint density at radius 2 is 1.63 bits per heavy atom. The van der Waals surface area contributed by atoms with Crippen LogP contribution in [0.3, 0.4) is 0 Å². The molecule has 1 atom stereocenters. The van der Waals surface area contributed by atoms with Crippen LogP contribution in [0.2, 0.25) is 0 Å². The average molecular weight is 270 g/mol. The molecule has 0 spiro atoms. The molecule has 0 fully saturated rings. The molecule has 0 bridgehead atoms. The minimum atomic E-state index is -0.396. The normalized spacial score (nSPS) is 12.0. The van der Waals surface area contributed by atoms with Crippen LogP contribution >= 0.6 is 0 Å². The minimum absolute atomic E-state index is 0.126. The summed E-state index contributed by atoms with van der Waals surface area (Å²) in [6.07, 6.45) is 4.07. The summed E-state index contributed by atoms with van der Waals surface area (Å²) in [4.78, 5) is 22.2. The zero-order valence-electron chi connectivity index (χ0n) is 12.3. The summed E-state index contributed by atoms with van der Waals surface area (Å²) in [6, 6.07) is 0. The second kappa shape index (κ2) is 10.6. The Kier molecular flexibility index (Phi) is 9.85. The smallest absolute Gasteiger partial charge is 0.330 e. The fourth-order valence-corrected chi connectivity index (χ4v) is 1.42. The first-order valence-electron chi connectivity index (χ1n) is 6.90. The molecule has 0 aromatic carbocycles. The van der Waals surface area contributed by atoms with Crippen LogP contribution in [-0.4, -0.2) is 25.2 Å². The van der Waals surface area contributed by atoms with Gasteiger partial charge in [-0.05, 0) is 31.1 Å². The Morgan fingerprint density at radius 1 is 1.05 bits per heavy atom. The van der Waals surface area contributed by atoms with E-state index in [1.807, 2.05) is 6.92 Å². The maximum Gasteiger partial charge on any atom is 0.330 e. The van der Waals surface area contributed by atoms with E-state index in [0.717, 1.165) is 25.3 Å². The quantitative estimate of drug-likeness (QED) is 0.452. The van der Waals surface area contributed by atoms with E-state index >= 15 is 0 Å². The highest BCUT2D eigenvalue weighted by Crippen LogP contribution is 2.09. The maximum atomic E-state index is 11.4. The molecule has 110 valence electrons. The summed E-state index contributed by atoms with van der Waals surface area (Å²) in [5.74, 6) is 0.354. The Bertz CT molecular complexity index is 284. The van der Waals surface area contributed by atoms with Crippen LogP contribution in [0.15, 0.2) is 12.7 Å². The summed E-state index contributed by atoms with van der Waals surface area (Å²) in [6.45, 7) is 10.4. The average Bonchev–Trinajstić information content (AvgIpc) is 2.36. The molecule has 0 heterocycles. The van der Waals surface area contributed by atoms with Gasteiger partial charge in [0.05, 0.1) is 13.2 Å². The lowest BCUT2D eigenvalue weighted by Crippen LogP contribution is -2.11. The molecule has 0 aliphatic carbocycles.